The summed E-state index contributed by atoms with van der Waals surface area (Å²) >= 11 is 6.10. The molecule has 0 unspecified atom stereocenters. The second-order valence-electron chi connectivity index (χ2n) is 4.74. The Kier molecular flexibility index (Phi) is 4.39. The molecule has 0 saturated carbocycles. The number of halogens is 1. The topological polar surface area (TPSA) is 57.0 Å². The van der Waals surface area contributed by atoms with Crippen molar-refractivity contribution < 1.29 is 9.53 Å². The molecule has 0 aliphatic heterocycles. The molecule has 0 saturated heterocycles. The van der Waals surface area contributed by atoms with Crippen molar-refractivity contribution in [1.29, 1.82) is 0 Å². The molecule has 2 aromatic heterocycles. The van der Waals surface area contributed by atoms with Crippen LogP contribution >= 0.6 is 11.6 Å². The zero-order valence-electron chi connectivity index (χ0n) is 12.4. The minimum atomic E-state index is -0.409. The summed E-state index contributed by atoms with van der Waals surface area (Å²) < 4.78 is 6.84. The molecule has 23 heavy (non-hydrogen) atoms. The Bertz CT molecular complexity index is 872. The first-order chi connectivity index (χ1) is 11.2. The Morgan fingerprint density at radius 2 is 2.04 bits per heavy atom. The molecule has 5 nitrogen and oxygen atoms in total. The van der Waals surface area contributed by atoms with Gasteiger partial charge >= 0.3 is 5.97 Å². The van der Waals surface area contributed by atoms with Gasteiger partial charge < -0.3 is 9.30 Å². The van der Waals surface area contributed by atoms with Crippen molar-refractivity contribution in [3.05, 3.63) is 65.7 Å². The lowest BCUT2D eigenvalue weighted by atomic mass is 10.1. The molecule has 0 spiro atoms. The van der Waals surface area contributed by atoms with Gasteiger partial charge in [0.05, 0.1) is 17.7 Å². The summed E-state index contributed by atoms with van der Waals surface area (Å²) in [5.74, 6) is -0.409. The molecule has 3 rings (SSSR count). The summed E-state index contributed by atoms with van der Waals surface area (Å²) in [4.78, 5) is 20.2. The largest absolute Gasteiger partial charge is 0.463 e. The van der Waals surface area contributed by atoms with Gasteiger partial charge in [-0.1, -0.05) is 41.9 Å². The smallest absolute Gasteiger partial charge is 0.332 e. The SMILES string of the molecule is CCOC(=O)/C=C(/c1ccccc1)n1ccc2c(Cl)ncnc21. The van der Waals surface area contributed by atoms with Gasteiger partial charge in [0.25, 0.3) is 0 Å². The monoisotopic (exact) mass is 327 g/mol. The maximum Gasteiger partial charge on any atom is 0.332 e. The summed E-state index contributed by atoms with van der Waals surface area (Å²) in [6.07, 6.45) is 4.66. The molecule has 2 heterocycles. The van der Waals surface area contributed by atoms with Crippen molar-refractivity contribution in [3.8, 4) is 0 Å². The normalized spacial score (nSPS) is 11.7. The van der Waals surface area contributed by atoms with Crippen LogP contribution in [0, 0.1) is 0 Å². The molecule has 0 aliphatic rings. The average Bonchev–Trinajstić information content (AvgIpc) is 2.99. The number of aromatic nitrogens is 3. The van der Waals surface area contributed by atoms with Crippen LogP contribution in [0.1, 0.15) is 12.5 Å². The van der Waals surface area contributed by atoms with E-state index >= 15 is 0 Å². The van der Waals surface area contributed by atoms with E-state index in [9.17, 15) is 4.79 Å². The van der Waals surface area contributed by atoms with E-state index in [0.717, 1.165) is 10.9 Å². The lowest BCUT2D eigenvalue weighted by molar-refractivity contribution is -0.137. The second-order valence-corrected chi connectivity index (χ2v) is 5.09. The van der Waals surface area contributed by atoms with E-state index in [-0.39, 0.29) is 0 Å². The minimum Gasteiger partial charge on any atom is -0.463 e. The number of carbonyl (C=O) groups is 1. The average molecular weight is 328 g/mol. The van der Waals surface area contributed by atoms with Crippen LogP contribution in [0.5, 0.6) is 0 Å². The van der Waals surface area contributed by atoms with E-state index in [1.54, 1.807) is 11.5 Å². The predicted octanol–water partition coefficient (Wildman–Crippen LogP) is 3.54. The van der Waals surface area contributed by atoms with Crippen molar-refractivity contribution >= 4 is 34.3 Å². The van der Waals surface area contributed by atoms with Crippen LogP contribution in [-0.2, 0) is 9.53 Å². The van der Waals surface area contributed by atoms with Crippen LogP contribution in [-0.4, -0.2) is 27.1 Å². The first-order valence-electron chi connectivity index (χ1n) is 7.12. The van der Waals surface area contributed by atoms with E-state index in [2.05, 4.69) is 9.97 Å². The molecule has 116 valence electrons. The lowest BCUT2D eigenvalue weighted by Gasteiger charge is -2.11. The first kappa shape index (κ1) is 15.2. The zero-order valence-corrected chi connectivity index (χ0v) is 13.2. The molecule has 1 aromatic carbocycles. The third-order valence-corrected chi connectivity index (χ3v) is 3.60. The molecule has 3 aromatic rings. The number of esters is 1. The second kappa shape index (κ2) is 6.62. The van der Waals surface area contributed by atoms with Gasteiger partial charge in [0.2, 0.25) is 0 Å². The highest BCUT2D eigenvalue weighted by atomic mass is 35.5. The molecular formula is C17H14ClN3O2. The molecule has 0 aliphatic carbocycles. The molecule has 0 fully saturated rings. The number of rotatable bonds is 4. The van der Waals surface area contributed by atoms with Gasteiger partial charge in [-0.25, -0.2) is 14.8 Å². The van der Waals surface area contributed by atoms with Gasteiger partial charge in [0.1, 0.15) is 17.1 Å². The summed E-state index contributed by atoms with van der Waals surface area (Å²) in [5, 5.41) is 1.09. The van der Waals surface area contributed by atoms with E-state index < -0.39 is 5.97 Å². The molecule has 0 radical (unpaired) electrons. The van der Waals surface area contributed by atoms with Gasteiger partial charge in [-0.15, -0.1) is 0 Å². The van der Waals surface area contributed by atoms with Crippen LogP contribution in [0.2, 0.25) is 5.15 Å². The number of carbonyl (C=O) groups excluding carboxylic acids is 1. The number of ether oxygens (including phenoxy) is 1. The van der Waals surface area contributed by atoms with Gasteiger partial charge in [-0.2, -0.15) is 0 Å². The fourth-order valence-electron chi connectivity index (χ4n) is 2.31. The maximum atomic E-state index is 12.0. The highest BCUT2D eigenvalue weighted by Crippen LogP contribution is 2.26. The number of benzene rings is 1. The fourth-order valence-corrected chi connectivity index (χ4v) is 2.50. The summed E-state index contributed by atoms with van der Waals surface area (Å²) in [6, 6.07) is 11.4. The molecule has 0 bridgehead atoms. The molecule has 0 N–H and O–H groups in total. The Balaban J connectivity index is 2.18. The molecular weight excluding hydrogens is 314 g/mol. The van der Waals surface area contributed by atoms with E-state index in [0.29, 0.717) is 23.1 Å². The third-order valence-electron chi connectivity index (χ3n) is 3.30. The summed E-state index contributed by atoms with van der Waals surface area (Å²) in [6.45, 7) is 2.09. The van der Waals surface area contributed by atoms with Crippen molar-refractivity contribution in [2.45, 2.75) is 6.92 Å². The summed E-state index contributed by atoms with van der Waals surface area (Å²) in [7, 11) is 0. The van der Waals surface area contributed by atoms with E-state index in [1.165, 1.54) is 12.4 Å². The molecule has 6 heteroatoms. The van der Waals surface area contributed by atoms with Gasteiger partial charge in [-0.05, 0) is 18.6 Å². The van der Waals surface area contributed by atoms with Crippen LogP contribution in [0.3, 0.4) is 0 Å². The fraction of sp³-hybridized carbons (Fsp3) is 0.118. The Hall–Kier alpha value is -2.66. The third kappa shape index (κ3) is 3.10. The molecule has 0 atom stereocenters. The number of fused-ring (bicyclic) bond motifs is 1. The lowest BCUT2D eigenvalue weighted by Crippen LogP contribution is -2.05. The standard InChI is InChI=1S/C17H14ClN3O2/c1-2-23-15(22)10-14(12-6-4-3-5-7-12)21-9-8-13-16(18)19-11-20-17(13)21/h3-11H,2H2,1H3/b14-10-. The van der Waals surface area contributed by atoms with Crippen molar-refractivity contribution in [2.75, 3.05) is 6.61 Å². The highest BCUT2D eigenvalue weighted by Gasteiger charge is 2.13. The Morgan fingerprint density at radius 3 is 2.78 bits per heavy atom. The number of nitrogens with zero attached hydrogens (tertiary/aromatic N) is 3. The van der Waals surface area contributed by atoms with Crippen LogP contribution in [0.25, 0.3) is 16.7 Å². The zero-order chi connectivity index (χ0) is 16.2. The van der Waals surface area contributed by atoms with Crippen LogP contribution < -0.4 is 0 Å². The van der Waals surface area contributed by atoms with Gasteiger partial charge in [0, 0.05) is 12.3 Å². The Morgan fingerprint density at radius 1 is 1.26 bits per heavy atom. The highest BCUT2D eigenvalue weighted by molar-refractivity contribution is 6.34. The summed E-state index contributed by atoms with van der Waals surface area (Å²) in [5.41, 5.74) is 2.16. The Labute approximate surface area is 138 Å². The van der Waals surface area contributed by atoms with Crippen LogP contribution in [0.15, 0.2) is 55.0 Å². The van der Waals surface area contributed by atoms with Crippen molar-refractivity contribution in [2.24, 2.45) is 0 Å². The molecule has 0 amide bonds. The first-order valence-corrected chi connectivity index (χ1v) is 7.50. The predicted molar refractivity (Wildman–Crippen MR) is 89.0 cm³/mol. The van der Waals surface area contributed by atoms with Gasteiger partial charge in [-0.3, -0.25) is 0 Å². The maximum absolute atomic E-state index is 12.0. The van der Waals surface area contributed by atoms with E-state index in [4.69, 9.17) is 16.3 Å². The van der Waals surface area contributed by atoms with Crippen molar-refractivity contribution in [3.63, 3.8) is 0 Å². The quantitative estimate of drug-likeness (QED) is 0.418. The minimum absolute atomic E-state index is 0.317. The van der Waals surface area contributed by atoms with Crippen molar-refractivity contribution in [1.82, 2.24) is 14.5 Å². The number of hydrogen-bond acceptors (Lipinski definition) is 4. The van der Waals surface area contributed by atoms with E-state index in [1.807, 2.05) is 42.6 Å². The number of hydrogen-bond donors (Lipinski definition) is 0. The van der Waals surface area contributed by atoms with Crippen LogP contribution in [0.4, 0.5) is 0 Å². The van der Waals surface area contributed by atoms with Gasteiger partial charge in [0.15, 0.2) is 0 Å².